The zero-order valence-electron chi connectivity index (χ0n) is 10.3. The molecule has 0 aromatic carbocycles. The highest BCUT2D eigenvalue weighted by Crippen LogP contribution is 2.17. The van der Waals surface area contributed by atoms with Crippen LogP contribution in [0.25, 0.3) is 0 Å². The van der Waals surface area contributed by atoms with Crippen LogP contribution >= 0.6 is 0 Å². The molecule has 0 bridgehead atoms. The summed E-state index contributed by atoms with van der Waals surface area (Å²) < 4.78 is 4.94. The second-order valence-corrected chi connectivity index (χ2v) is 4.42. The predicted octanol–water partition coefficient (Wildman–Crippen LogP) is 1.02. The Hall–Kier alpha value is -1.85. The zero-order chi connectivity index (χ0) is 13.2. The minimum absolute atomic E-state index is 0.219. The number of carbonyl (C=O) groups is 2. The summed E-state index contributed by atoms with van der Waals surface area (Å²) in [4.78, 5) is 22.5. The van der Waals surface area contributed by atoms with Gasteiger partial charge in [-0.1, -0.05) is 5.16 Å². The largest absolute Gasteiger partial charge is 0.480 e. The van der Waals surface area contributed by atoms with Gasteiger partial charge in [0.2, 0.25) is 5.91 Å². The topological polar surface area (TPSA) is 92.4 Å². The number of carboxylic acids is 1. The molecule has 0 spiro atoms. The summed E-state index contributed by atoms with van der Waals surface area (Å²) in [6.07, 6.45) is 0. The van der Waals surface area contributed by atoms with Gasteiger partial charge in [0.05, 0.1) is 5.69 Å². The molecule has 0 aliphatic rings. The number of nitrogens with one attached hydrogen (secondary N) is 1. The van der Waals surface area contributed by atoms with Crippen LogP contribution in [0.15, 0.2) is 4.52 Å². The van der Waals surface area contributed by atoms with Crippen LogP contribution in [-0.2, 0) is 16.1 Å². The van der Waals surface area contributed by atoms with Crippen molar-refractivity contribution in [2.24, 2.45) is 5.41 Å². The molecule has 0 fully saturated rings. The normalized spacial score (nSPS) is 11.3. The Bertz CT molecular complexity index is 429. The van der Waals surface area contributed by atoms with Crippen LogP contribution in [0.3, 0.4) is 0 Å². The van der Waals surface area contributed by atoms with Crippen molar-refractivity contribution in [3.05, 3.63) is 17.0 Å². The number of hydrogen-bond donors (Lipinski definition) is 2. The lowest BCUT2D eigenvalue weighted by atomic mass is 9.92. The van der Waals surface area contributed by atoms with Crippen molar-refractivity contribution in [2.45, 2.75) is 34.2 Å². The van der Waals surface area contributed by atoms with Crippen molar-refractivity contribution in [1.82, 2.24) is 10.5 Å². The molecular weight excluding hydrogens is 224 g/mol. The van der Waals surface area contributed by atoms with Gasteiger partial charge < -0.3 is 14.9 Å². The van der Waals surface area contributed by atoms with Crippen molar-refractivity contribution in [1.29, 1.82) is 0 Å². The molecule has 17 heavy (non-hydrogen) atoms. The van der Waals surface area contributed by atoms with E-state index in [4.69, 9.17) is 9.63 Å². The van der Waals surface area contributed by atoms with Gasteiger partial charge in [-0.05, 0) is 27.7 Å². The van der Waals surface area contributed by atoms with Crippen molar-refractivity contribution in [3.63, 3.8) is 0 Å². The van der Waals surface area contributed by atoms with Crippen LogP contribution in [0.2, 0.25) is 0 Å². The first-order valence-corrected chi connectivity index (χ1v) is 5.20. The highest BCUT2D eigenvalue weighted by Gasteiger charge is 2.35. The molecule has 0 saturated heterocycles. The SMILES string of the molecule is Cc1noc(C)c1CNC(=O)C(C)(C)C(=O)O. The van der Waals surface area contributed by atoms with E-state index in [2.05, 4.69) is 10.5 Å². The number of amides is 1. The third-order valence-corrected chi connectivity index (χ3v) is 2.71. The van der Waals surface area contributed by atoms with Gasteiger partial charge in [-0.3, -0.25) is 9.59 Å². The molecule has 0 unspecified atom stereocenters. The van der Waals surface area contributed by atoms with E-state index in [-0.39, 0.29) is 6.54 Å². The molecule has 0 atom stereocenters. The first-order valence-electron chi connectivity index (χ1n) is 5.20. The summed E-state index contributed by atoms with van der Waals surface area (Å²) >= 11 is 0. The molecule has 1 amide bonds. The van der Waals surface area contributed by atoms with Crippen molar-refractivity contribution in [3.8, 4) is 0 Å². The number of hydrogen-bond acceptors (Lipinski definition) is 4. The van der Waals surface area contributed by atoms with Gasteiger partial charge >= 0.3 is 5.97 Å². The van der Waals surface area contributed by atoms with Gasteiger partial charge in [-0.15, -0.1) is 0 Å². The molecule has 6 nitrogen and oxygen atoms in total. The Morgan fingerprint density at radius 2 is 2.00 bits per heavy atom. The van der Waals surface area contributed by atoms with Crippen molar-refractivity contribution in [2.75, 3.05) is 0 Å². The standard InChI is InChI=1S/C11H16N2O4/c1-6-8(7(2)17-13-6)5-12-9(14)11(3,4)10(15)16/h5H2,1-4H3,(H,12,14)(H,15,16). The van der Waals surface area contributed by atoms with Gasteiger partial charge in [0, 0.05) is 12.1 Å². The summed E-state index contributed by atoms with van der Waals surface area (Å²) in [5.41, 5.74) is 0.0226. The first-order chi connectivity index (χ1) is 7.76. The number of aryl methyl sites for hydroxylation is 2. The smallest absolute Gasteiger partial charge is 0.318 e. The molecule has 6 heteroatoms. The summed E-state index contributed by atoms with van der Waals surface area (Å²) in [5.74, 6) is -1.07. The van der Waals surface area contributed by atoms with Crippen molar-refractivity contribution < 1.29 is 19.2 Å². The van der Waals surface area contributed by atoms with Gasteiger partial charge in [0.1, 0.15) is 11.2 Å². The summed E-state index contributed by atoms with van der Waals surface area (Å²) in [5, 5.41) is 15.2. The zero-order valence-corrected chi connectivity index (χ0v) is 10.3. The fraction of sp³-hybridized carbons (Fsp3) is 0.545. The Morgan fingerprint density at radius 1 is 1.41 bits per heavy atom. The van der Waals surface area contributed by atoms with Gasteiger partial charge in [0.25, 0.3) is 0 Å². The van der Waals surface area contributed by atoms with Crippen LogP contribution < -0.4 is 5.32 Å². The Labute approximate surface area is 99.0 Å². The van der Waals surface area contributed by atoms with Crippen LogP contribution in [0.4, 0.5) is 0 Å². The number of aromatic nitrogens is 1. The van der Waals surface area contributed by atoms with E-state index in [0.717, 1.165) is 5.56 Å². The van der Waals surface area contributed by atoms with Gasteiger partial charge in [0.15, 0.2) is 0 Å². The average Bonchev–Trinajstić information content (AvgIpc) is 2.55. The van der Waals surface area contributed by atoms with E-state index in [1.165, 1.54) is 13.8 Å². The van der Waals surface area contributed by atoms with E-state index in [1.54, 1.807) is 13.8 Å². The predicted molar refractivity (Wildman–Crippen MR) is 59.2 cm³/mol. The van der Waals surface area contributed by atoms with Crippen LogP contribution in [0.1, 0.15) is 30.9 Å². The van der Waals surface area contributed by atoms with E-state index < -0.39 is 17.3 Å². The highest BCUT2D eigenvalue weighted by atomic mass is 16.5. The maximum atomic E-state index is 11.7. The molecule has 1 aromatic heterocycles. The van der Waals surface area contributed by atoms with E-state index >= 15 is 0 Å². The van der Waals surface area contributed by atoms with E-state index in [1.807, 2.05) is 0 Å². The van der Waals surface area contributed by atoms with Gasteiger partial charge in [-0.2, -0.15) is 0 Å². The average molecular weight is 240 g/mol. The third-order valence-electron chi connectivity index (χ3n) is 2.71. The second-order valence-electron chi connectivity index (χ2n) is 4.42. The number of aliphatic carboxylic acids is 1. The van der Waals surface area contributed by atoms with Crippen LogP contribution in [-0.4, -0.2) is 22.1 Å². The number of nitrogens with zero attached hydrogens (tertiary/aromatic N) is 1. The summed E-state index contributed by atoms with van der Waals surface area (Å²) in [6.45, 7) is 6.44. The molecule has 0 saturated carbocycles. The Balaban J connectivity index is 2.70. The second kappa shape index (κ2) is 4.57. The molecule has 1 aromatic rings. The van der Waals surface area contributed by atoms with E-state index in [0.29, 0.717) is 11.5 Å². The number of carboxylic acid groups (broad SMARTS) is 1. The third kappa shape index (κ3) is 2.64. The fourth-order valence-electron chi connectivity index (χ4n) is 1.24. The molecular formula is C11H16N2O4. The van der Waals surface area contributed by atoms with Gasteiger partial charge in [-0.25, -0.2) is 0 Å². The van der Waals surface area contributed by atoms with Crippen LogP contribution in [0.5, 0.6) is 0 Å². The summed E-state index contributed by atoms with van der Waals surface area (Å²) in [6, 6.07) is 0. The maximum Gasteiger partial charge on any atom is 0.318 e. The lowest BCUT2D eigenvalue weighted by Gasteiger charge is -2.18. The molecule has 1 rings (SSSR count). The minimum Gasteiger partial charge on any atom is -0.480 e. The number of carbonyl (C=O) groups excluding carboxylic acids is 1. The fourth-order valence-corrected chi connectivity index (χ4v) is 1.24. The number of rotatable bonds is 4. The quantitative estimate of drug-likeness (QED) is 0.766. The Kier molecular flexibility index (Phi) is 3.55. The molecule has 0 aliphatic heterocycles. The lowest BCUT2D eigenvalue weighted by molar-refractivity contribution is -0.153. The first kappa shape index (κ1) is 13.2. The summed E-state index contributed by atoms with van der Waals surface area (Å²) in [7, 11) is 0. The Morgan fingerprint density at radius 3 is 2.41 bits per heavy atom. The van der Waals surface area contributed by atoms with E-state index in [9.17, 15) is 9.59 Å². The van der Waals surface area contributed by atoms with Crippen LogP contribution in [0, 0.1) is 19.3 Å². The van der Waals surface area contributed by atoms with Crippen molar-refractivity contribution >= 4 is 11.9 Å². The molecule has 0 radical (unpaired) electrons. The lowest BCUT2D eigenvalue weighted by Crippen LogP contribution is -2.42. The maximum absolute atomic E-state index is 11.7. The molecule has 1 heterocycles. The minimum atomic E-state index is -1.45. The highest BCUT2D eigenvalue weighted by molar-refractivity contribution is 6.00. The molecule has 94 valence electrons. The molecule has 2 N–H and O–H groups in total. The monoisotopic (exact) mass is 240 g/mol. The molecule has 0 aliphatic carbocycles.